The van der Waals surface area contributed by atoms with E-state index in [9.17, 15) is 9.59 Å². The van der Waals surface area contributed by atoms with E-state index in [2.05, 4.69) is 5.32 Å². The van der Waals surface area contributed by atoms with Gasteiger partial charge in [-0.25, -0.2) is 4.79 Å². The maximum Gasteiger partial charge on any atom is 0.344 e. The third-order valence-corrected chi connectivity index (χ3v) is 3.78. The lowest BCUT2D eigenvalue weighted by Crippen LogP contribution is -2.31. The van der Waals surface area contributed by atoms with E-state index in [0.29, 0.717) is 27.2 Å². The molecular formula is C18H17Cl2NO5. The molecule has 0 aliphatic carbocycles. The Hall–Kier alpha value is -2.44. The molecule has 0 saturated heterocycles. The maximum atomic E-state index is 12.1. The topological polar surface area (TPSA) is 73.9 Å². The van der Waals surface area contributed by atoms with Gasteiger partial charge < -0.3 is 19.5 Å². The van der Waals surface area contributed by atoms with Crippen molar-refractivity contribution < 1.29 is 23.8 Å². The van der Waals surface area contributed by atoms with E-state index in [1.807, 2.05) is 0 Å². The lowest BCUT2D eigenvalue weighted by atomic mass is 10.3. The van der Waals surface area contributed by atoms with Gasteiger partial charge in [0.25, 0.3) is 5.91 Å². The van der Waals surface area contributed by atoms with Crippen molar-refractivity contribution in [3.8, 4) is 11.5 Å². The van der Waals surface area contributed by atoms with Gasteiger partial charge in [-0.15, -0.1) is 0 Å². The average molecular weight is 398 g/mol. The van der Waals surface area contributed by atoms with Crippen LogP contribution in [-0.2, 0) is 14.3 Å². The molecule has 6 nitrogen and oxygen atoms in total. The molecule has 0 aliphatic rings. The Labute approximate surface area is 160 Å². The molecule has 0 unspecified atom stereocenters. The molecule has 0 radical (unpaired) electrons. The molecule has 0 heterocycles. The van der Waals surface area contributed by atoms with Crippen LogP contribution in [0.2, 0.25) is 10.0 Å². The summed E-state index contributed by atoms with van der Waals surface area (Å²) < 4.78 is 15.4. The van der Waals surface area contributed by atoms with Gasteiger partial charge in [0.05, 0.1) is 12.1 Å². The van der Waals surface area contributed by atoms with E-state index in [4.69, 9.17) is 37.4 Å². The Kier molecular flexibility index (Phi) is 7.12. The normalized spacial score (nSPS) is 11.4. The first-order valence-corrected chi connectivity index (χ1v) is 8.37. The van der Waals surface area contributed by atoms with Crippen molar-refractivity contribution >= 4 is 40.8 Å². The quantitative estimate of drug-likeness (QED) is 0.715. The predicted octanol–water partition coefficient (Wildman–Crippen LogP) is 3.95. The summed E-state index contributed by atoms with van der Waals surface area (Å²) in [6.45, 7) is 1.12. The Morgan fingerprint density at radius 3 is 2.58 bits per heavy atom. The Bertz CT molecular complexity index is 797. The summed E-state index contributed by atoms with van der Waals surface area (Å²) >= 11 is 11.8. The van der Waals surface area contributed by atoms with E-state index in [1.165, 1.54) is 20.1 Å². The number of methoxy groups -OCH3 is 1. The SMILES string of the molecule is COc1ccc(NC(=O)[C@@H](C)OC(=O)COc2cccc(Cl)c2)cc1Cl. The Morgan fingerprint density at radius 1 is 1.15 bits per heavy atom. The highest BCUT2D eigenvalue weighted by molar-refractivity contribution is 6.32. The fourth-order valence-corrected chi connectivity index (χ4v) is 2.41. The number of carbonyl (C=O) groups is 2. The fourth-order valence-electron chi connectivity index (χ4n) is 1.97. The molecule has 0 aromatic heterocycles. The average Bonchev–Trinajstić information content (AvgIpc) is 2.60. The highest BCUT2D eigenvalue weighted by Gasteiger charge is 2.18. The zero-order chi connectivity index (χ0) is 19.1. The lowest BCUT2D eigenvalue weighted by Gasteiger charge is -2.14. The van der Waals surface area contributed by atoms with Gasteiger partial charge in [0.1, 0.15) is 11.5 Å². The van der Waals surface area contributed by atoms with Crippen molar-refractivity contribution in [2.75, 3.05) is 19.0 Å². The minimum atomic E-state index is -1.01. The number of carbonyl (C=O) groups excluding carboxylic acids is 2. The molecule has 1 amide bonds. The molecule has 2 rings (SSSR count). The number of nitrogens with one attached hydrogen (secondary N) is 1. The molecule has 0 aliphatic heterocycles. The first-order chi connectivity index (χ1) is 12.4. The molecule has 8 heteroatoms. The third kappa shape index (κ3) is 5.82. The van der Waals surface area contributed by atoms with Crippen LogP contribution in [0, 0.1) is 0 Å². The minimum absolute atomic E-state index is 0.341. The number of ether oxygens (including phenoxy) is 3. The molecule has 1 atom stereocenters. The summed E-state index contributed by atoms with van der Waals surface area (Å²) in [6.07, 6.45) is -1.01. The Morgan fingerprint density at radius 2 is 1.92 bits per heavy atom. The molecule has 138 valence electrons. The van der Waals surface area contributed by atoms with Gasteiger partial charge >= 0.3 is 5.97 Å². The van der Waals surface area contributed by atoms with E-state index in [1.54, 1.807) is 36.4 Å². The maximum absolute atomic E-state index is 12.1. The van der Waals surface area contributed by atoms with Crippen LogP contribution in [0.25, 0.3) is 0 Å². The van der Waals surface area contributed by atoms with Crippen molar-refractivity contribution in [1.29, 1.82) is 0 Å². The van der Waals surface area contributed by atoms with E-state index < -0.39 is 18.0 Å². The second-order valence-corrected chi connectivity index (χ2v) is 6.06. The number of rotatable bonds is 7. The highest BCUT2D eigenvalue weighted by Crippen LogP contribution is 2.27. The smallest absolute Gasteiger partial charge is 0.344 e. The molecule has 0 spiro atoms. The van der Waals surface area contributed by atoms with Crippen LogP contribution in [0.4, 0.5) is 5.69 Å². The summed E-state index contributed by atoms with van der Waals surface area (Å²) in [5.41, 5.74) is 0.457. The summed E-state index contributed by atoms with van der Waals surface area (Å²) in [4.78, 5) is 23.9. The van der Waals surface area contributed by atoms with Gasteiger partial charge in [-0.3, -0.25) is 4.79 Å². The second-order valence-electron chi connectivity index (χ2n) is 5.22. The van der Waals surface area contributed by atoms with Crippen LogP contribution < -0.4 is 14.8 Å². The van der Waals surface area contributed by atoms with Gasteiger partial charge in [-0.05, 0) is 43.3 Å². The predicted molar refractivity (Wildman–Crippen MR) is 99.1 cm³/mol. The molecule has 26 heavy (non-hydrogen) atoms. The van der Waals surface area contributed by atoms with Crippen molar-refractivity contribution in [2.24, 2.45) is 0 Å². The first kappa shape index (κ1) is 19.9. The van der Waals surface area contributed by atoms with Gasteiger partial charge in [-0.2, -0.15) is 0 Å². The summed E-state index contributed by atoms with van der Waals surface area (Å²) in [5, 5.41) is 3.45. The van der Waals surface area contributed by atoms with Crippen molar-refractivity contribution in [3.63, 3.8) is 0 Å². The monoisotopic (exact) mass is 397 g/mol. The number of amides is 1. The Balaban J connectivity index is 1.84. The zero-order valence-corrected chi connectivity index (χ0v) is 15.6. The standard InChI is InChI=1S/C18H17Cl2NO5/c1-11(18(23)21-13-6-7-16(24-2)15(20)9-13)26-17(22)10-25-14-5-3-4-12(19)8-14/h3-9,11H,10H2,1-2H3,(H,21,23)/t11-/m1/s1. The van der Waals surface area contributed by atoms with Crippen LogP contribution in [0.5, 0.6) is 11.5 Å². The van der Waals surface area contributed by atoms with Gasteiger partial charge in [0.15, 0.2) is 12.7 Å². The van der Waals surface area contributed by atoms with E-state index in [0.717, 1.165) is 0 Å². The van der Waals surface area contributed by atoms with E-state index in [-0.39, 0.29) is 6.61 Å². The van der Waals surface area contributed by atoms with Crippen LogP contribution in [0.3, 0.4) is 0 Å². The van der Waals surface area contributed by atoms with Gasteiger partial charge in [0, 0.05) is 10.7 Å². The molecular weight excluding hydrogens is 381 g/mol. The minimum Gasteiger partial charge on any atom is -0.495 e. The van der Waals surface area contributed by atoms with Crippen molar-refractivity contribution in [3.05, 3.63) is 52.5 Å². The molecule has 0 fully saturated rings. The van der Waals surface area contributed by atoms with Gasteiger partial charge in [0.2, 0.25) is 0 Å². The number of hydrogen-bond donors (Lipinski definition) is 1. The highest BCUT2D eigenvalue weighted by atomic mass is 35.5. The lowest BCUT2D eigenvalue weighted by molar-refractivity contribution is -0.155. The number of esters is 1. The number of anilines is 1. The first-order valence-electron chi connectivity index (χ1n) is 7.61. The molecule has 0 bridgehead atoms. The second kappa shape index (κ2) is 9.31. The molecule has 0 saturated carbocycles. The van der Waals surface area contributed by atoms with Crippen molar-refractivity contribution in [1.82, 2.24) is 0 Å². The van der Waals surface area contributed by atoms with Crippen LogP contribution in [0.1, 0.15) is 6.92 Å². The van der Waals surface area contributed by atoms with Crippen LogP contribution >= 0.6 is 23.2 Å². The summed E-state index contributed by atoms with van der Waals surface area (Å²) in [5.74, 6) is -0.260. The number of halogens is 2. The van der Waals surface area contributed by atoms with Crippen LogP contribution in [0.15, 0.2) is 42.5 Å². The van der Waals surface area contributed by atoms with Crippen LogP contribution in [-0.4, -0.2) is 31.7 Å². The summed E-state index contributed by atoms with van der Waals surface area (Å²) in [6, 6.07) is 11.4. The number of benzene rings is 2. The summed E-state index contributed by atoms with van der Waals surface area (Å²) in [7, 11) is 1.49. The van der Waals surface area contributed by atoms with Gasteiger partial charge in [-0.1, -0.05) is 29.3 Å². The molecule has 1 N–H and O–H groups in total. The van der Waals surface area contributed by atoms with E-state index >= 15 is 0 Å². The van der Waals surface area contributed by atoms with Crippen molar-refractivity contribution in [2.45, 2.75) is 13.0 Å². The third-order valence-electron chi connectivity index (χ3n) is 3.25. The largest absolute Gasteiger partial charge is 0.495 e. The number of hydrogen-bond acceptors (Lipinski definition) is 5. The molecule has 2 aromatic carbocycles. The fraction of sp³-hybridized carbons (Fsp3) is 0.222. The zero-order valence-electron chi connectivity index (χ0n) is 14.1. The molecule has 2 aromatic rings.